The van der Waals surface area contributed by atoms with Crippen molar-refractivity contribution in [1.82, 2.24) is 5.32 Å². The van der Waals surface area contributed by atoms with Gasteiger partial charge in [0.25, 0.3) is 0 Å². The van der Waals surface area contributed by atoms with Gasteiger partial charge >= 0.3 is 0 Å². The Labute approximate surface area is 100 Å². The minimum atomic E-state index is 0.243. The summed E-state index contributed by atoms with van der Waals surface area (Å²) in [5.41, 5.74) is 0.752. The minimum Gasteiger partial charge on any atom is -0.508 e. The van der Waals surface area contributed by atoms with E-state index in [0.717, 1.165) is 31.6 Å². The predicted octanol–water partition coefficient (Wildman–Crippen LogP) is 2.31. The van der Waals surface area contributed by atoms with Gasteiger partial charge in [0.1, 0.15) is 5.75 Å². The third kappa shape index (κ3) is 2.88. The standard InChI is InChI=1S/C12H16ClNO2/c13-11-4-1-5-12(15)10(11)8-14-7-9-3-2-6-16-9/h1,4-5,9,14-15H,2-3,6-8H2. The predicted molar refractivity (Wildman–Crippen MR) is 63.8 cm³/mol. The summed E-state index contributed by atoms with van der Waals surface area (Å²) >= 11 is 5.99. The highest BCUT2D eigenvalue weighted by Gasteiger charge is 2.15. The van der Waals surface area contributed by atoms with Crippen molar-refractivity contribution in [2.75, 3.05) is 13.2 Å². The Morgan fingerprint density at radius 1 is 1.50 bits per heavy atom. The number of nitrogens with one attached hydrogen (secondary N) is 1. The van der Waals surface area contributed by atoms with E-state index in [9.17, 15) is 5.11 Å². The zero-order chi connectivity index (χ0) is 11.4. The number of phenolic OH excluding ortho intramolecular Hbond substituents is 1. The van der Waals surface area contributed by atoms with Gasteiger partial charge in [0.2, 0.25) is 0 Å². The van der Waals surface area contributed by atoms with Gasteiger partial charge in [-0.1, -0.05) is 17.7 Å². The lowest BCUT2D eigenvalue weighted by Gasteiger charge is -2.12. The van der Waals surface area contributed by atoms with Crippen molar-refractivity contribution in [2.24, 2.45) is 0 Å². The molecule has 1 atom stereocenters. The molecule has 0 saturated carbocycles. The molecule has 1 saturated heterocycles. The summed E-state index contributed by atoms with van der Waals surface area (Å²) < 4.78 is 5.49. The lowest BCUT2D eigenvalue weighted by Crippen LogP contribution is -2.25. The number of hydrogen-bond acceptors (Lipinski definition) is 3. The zero-order valence-electron chi connectivity index (χ0n) is 9.08. The number of aromatic hydroxyl groups is 1. The molecule has 1 heterocycles. The number of benzene rings is 1. The molecule has 1 aliphatic rings. The van der Waals surface area contributed by atoms with E-state index in [2.05, 4.69) is 5.32 Å². The highest BCUT2D eigenvalue weighted by Crippen LogP contribution is 2.24. The molecule has 3 nitrogen and oxygen atoms in total. The molecule has 0 aliphatic carbocycles. The van der Waals surface area contributed by atoms with Crippen molar-refractivity contribution in [3.8, 4) is 5.75 Å². The second-order valence-electron chi connectivity index (χ2n) is 4.00. The summed E-state index contributed by atoms with van der Waals surface area (Å²) in [5.74, 6) is 0.243. The van der Waals surface area contributed by atoms with Gasteiger partial charge < -0.3 is 15.2 Å². The van der Waals surface area contributed by atoms with Crippen LogP contribution in [0.25, 0.3) is 0 Å². The SMILES string of the molecule is Oc1cccc(Cl)c1CNCC1CCCO1. The van der Waals surface area contributed by atoms with Crippen LogP contribution in [0.3, 0.4) is 0 Å². The summed E-state index contributed by atoms with van der Waals surface area (Å²) in [5, 5.41) is 13.5. The molecule has 4 heteroatoms. The maximum atomic E-state index is 9.63. The molecule has 2 rings (SSSR count). The van der Waals surface area contributed by atoms with Gasteiger partial charge in [0.05, 0.1) is 6.10 Å². The molecule has 1 aliphatic heterocycles. The topological polar surface area (TPSA) is 41.5 Å². The quantitative estimate of drug-likeness (QED) is 0.850. The highest BCUT2D eigenvalue weighted by molar-refractivity contribution is 6.31. The number of ether oxygens (including phenoxy) is 1. The molecule has 0 radical (unpaired) electrons. The molecule has 2 N–H and O–H groups in total. The molecule has 1 aromatic rings. The smallest absolute Gasteiger partial charge is 0.121 e. The molecule has 0 amide bonds. The zero-order valence-corrected chi connectivity index (χ0v) is 9.83. The van der Waals surface area contributed by atoms with Crippen molar-refractivity contribution in [3.05, 3.63) is 28.8 Å². The third-order valence-corrected chi connectivity index (χ3v) is 3.15. The Morgan fingerprint density at radius 2 is 2.38 bits per heavy atom. The fraction of sp³-hybridized carbons (Fsp3) is 0.500. The van der Waals surface area contributed by atoms with Crippen LogP contribution in [-0.2, 0) is 11.3 Å². The van der Waals surface area contributed by atoms with Crippen LogP contribution >= 0.6 is 11.6 Å². The minimum absolute atomic E-state index is 0.243. The summed E-state index contributed by atoms with van der Waals surface area (Å²) in [4.78, 5) is 0. The summed E-state index contributed by atoms with van der Waals surface area (Å²) in [7, 11) is 0. The van der Waals surface area contributed by atoms with E-state index < -0.39 is 0 Å². The van der Waals surface area contributed by atoms with E-state index in [0.29, 0.717) is 17.7 Å². The van der Waals surface area contributed by atoms with Crippen LogP contribution in [-0.4, -0.2) is 24.4 Å². The molecular weight excluding hydrogens is 226 g/mol. The molecule has 1 fully saturated rings. The van der Waals surface area contributed by atoms with Crippen molar-refractivity contribution in [2.45, 2.75) is 25.5 Å². The average Bonchev–Trinajstić information content (AvgIpc) is 2.75. The first kappa shape index (κ1) is 11.7. The fourth-order valence-electron chi connectivity index (χ4n) is 1.89. The van der Waals surface area contributed by atoms with E-state index >= 15 is 0 Å². The first-order valence-corrected chi connectivity index (χ1v) is 5.94. The van der Waals surface area contributed by atoms with Crippen molar-refractivity contribution in [3.63, 3.8) is 0 Å². The third-order valence-electron chi connectivity index (χ3n) is 2.79. The van der Waals surface area contributed by atoms with E-state index in [1.54, 1.807) is 18.2 Å². The molecule has 1 aromatic carbocycles. The van der Waals surface area contributed by atoms with Gasteiger partial charge in [-0.25, -0.2) is 0 Å². The van der Waals surface area contributed by atoms with Crippen LogP contribution in [0.4, 0.5) is 0 Å². The molecule has 0 spiro atoms. The Kier molecular flexibility index (Phi) is 4.04. The van der Waals surface area contributed by atoms with Crippen molar-refractivity contribution in [1.29, 1.82) is 0 Å². The van der Waals surface area contributed by atoms with Gasteiger partial charge in [-0.2, -0.15) is 0 Å². The lowest BCUT2D eigenvalue weighted by molar-refractivity contribution is 0.110. The number of halogens is 1. The van der Waals surface area contributed by atoms with Gasteiger partial charge in [-0.05, 0) is 25.0 Å². The monoisotopic (exact) mass is 241 g/mol. The van der Waals surface area contributed by atoms with Crippen LogP contribution in [0.2, 0.25) is 5.02 Å². The van der Waals surface area contributed by atoms with E-state index in [1.807, 2.05) is 0 Å². The van der Waals surface area contributed by atoms with Crippen LogP contribution in [0.5, 0.6) is 5.75 Å². The number of hydrogen-bond donors (Lipinski definition) is 2. The first-order valence-electron chi connectivity index (χ1n) is 5.56. The highest BCUT2D eigenvalue weighted by atomic mass is 35.5. The fourth-order valence-corrected chi connectivity index (χ4v) is 2.12. The van der Waals surface area contributed by atoms with Gasteiger partial charge in [0, 0.05) is 30.3 Å². The maximum absolute atomic E-state index is 9.63. The first-order chi connectivity index (χ1) is 7.77. The molecule has 0 aromatic heterocycles. The lowest BCUT2D eigenvalue weighted by atomic mass is 10.2. The van der Waals surface area contributed by atoms with Gasteiger partial charge in [-0.3, -0.25) is 0 Å². The molecule has 88 valence electrons. The van der Waals surface area contributed by atoms with E-state index in [-0.39, 0.29) is 5.75 Å². The average molecular weight is 242 g/mol. The van der Waals surface area contributed by atoms with Crippen LogP contribution in [0.1, 0.15) is 18.4 Å². The van der Waals surface area contributed by atoms with Crippen molar-refractivity contribution >= 4 is 11.6 Å². The summed E-state index contributed by atoms with van der Waals surface area (Å²) in [6.45, 7) is 2.25. The van der Waals surface area contributed by atoms with Gasteiger partial charge in [-0.15, -0.1) is 0 Å². The number of rotatable bonds is 4. The molecular formula is C12H16ClNO2. The molecule has 16 heavy (non-hydrogen) atoms. The second kappa shape index (κ2) is 5.53. The molecule has 1 unspecified atom stereocenters. The normalized spacial score (nSPS) is 20.2. The Balaban J connectivity index is 1.84. The summed E-state index contributed by atoms with van der Waals surface area (Å²) in [6, 6.07) is 5.17. The largest absolute Gasteiger partial charge is 0.508 e. The Bertz CT molecular complexity index is 331. The van der Waals surface area contributed by atoms with Gasteiger partial charge in [0.15, 0.2) is 0 Å². The summed E-state index contributed by atoms with van der Waals surface area (Å²) in [6.07, 6.45) is 2.56. The Morgan fingerprint density at radius 3 is 3.06 bits per heavy atom. The van der Waals surface area contributed by atoms with Crippen LogP contribution in [0.15, 0.2) is 18.2 Å². The maximum Gasteiger partial charge on any atom is 0.121 e. The van der Waals surface area contributed by atoms with E-state index in [4.69, 9.17) is 16.3 Å². The van der Waals surface area contributed by atoms with Crippen molar-refractivity contribution < 1.29 is 9.84 Å². The second-order valence-corrected chi connectivity index (χ2v) is 4.41. The van der Waals surface area contributed by atoms with E-state index in [1.165, 1.54) is 0 Å². The Hall–Kier alpha value is -0.770. The van der Waals surface area contributed by atoms with Crippen LogP contribution < -0.4 is 5.32 Å². The number of phenols is 1. The molecule has 0 bridgehead atoms. The van der Waals surface area contributed by atoms with Crippen LogP contribution in [0, 0.1) is 0 Å².